The minimum absolute atomic E-state index is 0.275. The standard InChI is InChI=1S/C14H10BrClF2/c1-8-4-9(2-3-13(8)18)14(16)10-5-11(15)7-12(17)6-10/h2-7,14H,1H3. The van der Waals surface area contributed by atoms with Crippen LogP contribution in [0.3, 0.4) is 0 Å². The summed E-state index contributed by atoms with van der Waals surface area (Å²) >= 11 is 9.51. The van der Waals surface area contributed by atoms with E-state index in [9.17, 15) is 8.78 Å². The molecule has 0 aromatic heterocycles. The average Bonchev–Trinajstić information content (AvgIpc) is 2.30. The molecular formula is C14H10BrClF2. The number of alkyl halides is 1. The summed E-state index contributed by atoms with van der Waals surface area (Å²) in [6, 6.07) is 9.14. The second-order valence-corrected chi connectivity index (χ2v) is 5.43. The number of hydrogen-bond donors (Lipinski definition) is 0. The molecule has 0 amide bonds. The minimum Gasteiger partial charge on any atom is -0.207 e. The first kappa shape index (κ1) is 13.5. The molecule has 2 aromatic rings. The summed E-state index contributed by atoms with van der Waals surface area (Å²) in [6.07, 6.45) is 0. The van der Waals surface area contributed by atoms with Gasteiger partial charge in [-0.25, -0.2) is 8.78 Å². The molecule has 0 fully saturated rings. The Hall–Kier alpha value is -0.930. The van der Waals surface area contributed by atoms with Gasteiger partial charge in [-0.2, -0.15) is 0 Å². The lowest BCUT2D eigenvalue weighted by atomic mass is 10.0. The fourth-order valence-electron chi connectivity index (χ4n) is 1.74. The third-order valence-electron chi connectivity index (χ3n) is 2.65. The number of aryl methyl sites for hydroxylation is 1. The van der Waals surface area contributed by atoms with E-state index >= 15 is 0 Å². The molecule has 0 saturated heterocycles. The number of benzene rings is 2. The van der Waals surface area contributed by atoms with Gasteiger partial charge >= 0.3 is 0 Å². The molecule has 0 spiro atoms. The topological polar surface area (TPSA) is 0 Å². The molecule has 0 saturated carbocycles. The van der Waals surface area contributed by atoms with Crippen LogP contribution in [0.4, 0.5) is 8.78 Å². The molecular weight excluding hydrogens is 322 g/mol. The van der Waals surface area contributed by atoms with Gasteiger partial charge in [0.05, 0.1) is 5.38 Å². The maximum atomic E-state index is 13.3. The highest BCUT2D eigenvalue weighted by Gasteiger charge is 2.13. The molecule has 0 aliphatic rings. The highest BCUT2D eigenvalue weighted by molar-refractivity contribution is 9.10. The summed E-state index contributed by atoms with van der Waals surface area (Å²) in [4.78, 5) is 0. The zero-order valence-corrected chi connectivity index (χ0v) is 11.9. The summed E-state index contributed by atoms with van der Waals surface area (Å²) in [5, 5.41) is -0.503. The van der Waals surface area contributed by atoms with Crippen molar-refractivity contribution in [1.29, 1.82) is 0 Å². The van der Waals surface area contributed by atoms with Crippen molar-refractivity contribution in [3.8, 4) is 0 Å². The predicted molar refractivity (Wildman–Crippen MR) is 72.9 cm³/mol. The van der Waals surface area contributed by atoms with E-state index in [0.29, 0.717) is 15.6 Å². The molecule has 1 unspecified atom stereocenters. The van der Waals surface area contributed by atoms with Gasteiger partial charge in [-0.15, -0.1) is 11.6 Å². The van der Waals surface area contributed by atoms with Gasteiger partial charge in [0.2, 0.25) is 0 Å². The second kappa shape index (κ2) is 5.37. The smallest absolute Gasteiger partial charge is 0.126 e. The van der Waals surface area contributed by atoms with Gasteiger partial charge in [-0.3, -0.25) is 0 Å². The van der Waals surface area contributed by atoms with Crippen molar-refractivity contribution in [1.82, 2.24) is 0 Å². The molecule has 0 aliphatic heterocycles. The number of hydrogen-bond acceptors (Lipinski definition) is 0. The van der Waals surface area contributed by atoms with Crippen LogP contribution in [0, 0.1) is 18.6 Å². The van der Waals surface area contributed by atoms with E-state index in [2.05, 4.69) is 15.9 Å². The Bertz CT molecular complexity index is 564. The normalized spacial score (nSPS) is 12.5. The molecule has 2 aromatic carbocycles. The molecule has 0 heterocycles. The zero-order valence-electron chi connectivity index (χ0n) is 9.55. The maximum absolute atomic E-state index is 13.3. The Balaban J connectivity index is 2.40. The Morgan fingerprint density at radius 3 is 2.39 bits per heavy atom. The lowest BCUT2D eigenvalue weighted by Gasteiger charge is -2.12. The molecule has 0 bridgehead atoms. The van der Waals surface area contributed by atoms with Gasteiger partial charge in [0.25, 0.3) is 0 Å². The Morgan fingerprint density at radius 2 is 1.78 bits per heavy atom. The molecule has 1 atom stereocenters. The SMILES string of the molecule is Cc1cc(C(Cl)c2cc(F)cc(Br)c2)ccc1F. The molecule has 4 heteroatoms. The first-order valence-corrected chi connectivity index (χ1v) is 6.56. The van der Waals surface area contributed by atoms with Crippen LogP contribution in [0.15, 0.2) is 40.9 Å². The summed E-state index contributed by atoms with van der Waals surface area (Å²) in [7, 11) is 0. The lowest BCUT2D eigenvalue weighted by Crippen LogP contribution is -1.96. The van der Waals surface area contributed by atoms with Crippen LogP contribution in [-0.4, -0.2) is 0 Å². The maximum Gasteiger partial charge on any atom is 0.126 e. The monoisotopic (exact) mass is 330 g/mol. The summed E-state index contributed by atoms with van der Waals surface area (Å²) in [6.45, 7) is 1.67. The molecule has 0 nitrogen and oxygen atoms in total. The van der Waals surface area contributed by atoms with Crippen molar-refractivity contribution in [3.63, 3.8) is 0 Å². The number of halogens is 4. The Labute approximate surface area is 118 Å². The predicted octanol–water partition coefficient (Wildman–Crippen LogP) is 5.36. The van der Waals surface area contributed by atoms with E-state index in [1.165, 1.54) is 18.2 Å². The molecule has 94 valence electrons. The second-order valence-electron chi connectivity index (χ2n) is 4.07. The summed E-state index contributed by atoms with van der Waals surface area (Å²) < 4.78 is 27.1. The van der Waals surface area contributed by atoms with E-state index in [4.69, 9.17) is 11.6 Å². The van der Waals surface area contributed by atoms with Crippen molar-refractivity contribution in [2.45, 2.75) is 12.3 Å². The van der Waals surface area contributed by atoms with Crippen molar-refractivity contribution in [2.24, 2.45) is 0 Å². The molecule has 0 aliphatic carbocycles. The van der Waals surface area contributed by atoms with Crippen LogP contribution in [0.5, 0.6) is 0 Å². The lowest BCUT2D eigenvalue weighted by molar-refractivity contribution is 0.617. The Kier molecular flexibility index (Phi) is 4.03. The fourth-order valence-corrected chi connectivity index (χ4v) is 2.48. The van der Waals surface area contributed by atoms with E-state index in [-0.39, 0.29) is 11.6 Å². The first-order chi connectivity index (χ1) is 8.47. The molecule has 0 radical (unpaired) electrons. The number of rotatable bonds is 2. The third-order valence-corrected chi connectivity index (χ3v) is 3.61. The van der Waals surface area contributed by atoms with Gasteiger partial charge in [0.15, 0.2) is 0 Å². The zero-order chi connectivity index (χ0) is 13.3. The van der Waals surface area contributed by atoms with Crippen LogP contribution in [0.1, 0.15) is 22.1 Å². The average molecular weight is 332 g/mol. The van der Waals surface area contributed by atoms with Crippen LogP contribution >= 0.6 is 27.5 Å². The fraction of sp³-hybridized carbons (Fsp3) is 0.143. The van der Waals surface area contributed by atoms with Gasteiger partial charge in [-0.1, -0.05) is 28.1 Å². The van der Waals surface area contributed by atoms with E-state index in [0.717, 1.165) is 5.56 Å². The van der Waals surface area contributed by atoms with E-state index < -0.39 is 5.38 Å². The first-order valence-electron chi connectivity index (χ1n) is 5.33. The van der Waals surface area contributed by atoms with E-state index in [1.54, 1.807) is 25.1 Å². The van der Waals surface area contributed by atoms with Crippen molar-refractivity contribution >= 4 is 27.5 Å². The summed E-state index contributed by atoms with van der Waals surface area (Å²) in [5.74, 6) is -0.633. The molecule has 2 rings (SSSR count). The van der Waals surface area contributed by atoms with Crippen LogP contribution in [-0.2, 0) is 0 Å². The van der Waals surface area contributed by atoms with Crippen molar-refractivity contribution < 1.29 is 8.78 Å². The largest absolute Gasteiger partial charge is 0.207 e. The van der Waals surface area contributed by atoms with Crippen molar-refractivity contribution in [2.75, 3.05) is 0 Å². The van der Waals surface area contributed by atoms with Crippen molar-refractivity contribution in [3.05, 3.63) is 69.2 Å². The van der Waals surface area contributed by atoms with E-state index in [1.807, 2.05) is 0 Å². The van der Waals surface area contributed by atoms with Gasteiger partial charge in [0.1, 0.15) is 11.6 Å². The van der Waals surface area contributed by atoms with Gasteiger partial charge in [-0.05, 0) is 47.9 Å². The minimum atomic E-state index is -0.503. The van der Waals surface area contributed by atoms with Crippen LogP contribution in [0.25, 0.3) is 0 Å². The highest BCUT2D eigenvalue weighted by Crippen LogP contribution is 2.31. The molecule has 18 heavy (non-hydrogen) atoms. The quantitative estimate of drug-likeness (QED) is 0.650. The third kappa shape index (κ3) is 2.90. The summed E-state index contributed by atoms with van der Waals surface area (Å²) in [5.41, 5.74) is 1.90. The molecule has 0 N–H and O–H groups in total. The van der Waals surface area contributed by atoms with Gasteiger partial charge < -0.3 is 0 Å². The Morgan fingerprint density at radius 1 is 1.06 bits per heavy atom. The van der Waals surface area contributed by atoms with Crippen LogP contribution in [0.2, 0.25) is 0 Å². The van der Waals surface area contributed by atoms with Crippen LogP contribution < -0.4 is 0 Å². The highest BCUT2D eigenvalue weighted by atomic mass is 79.9. The van der Waals surface area contributed by atoms with Gasteiger partial charge in [0, 0.05) is 4.47 Å².